The van der Waals surface area contributed by atoms with Crippen LogP contribution in [0.1, 0.15) is 43.5 Å². The number of methoxy groups -OCH3 is 1. The first-order valence-corrected chi connectivity index (χ1v) is 9.15. The van der Waals surface area contributed by atoms with Crippen molar-refractivity contribution in [3.63, 3.8) is 0 Å². The molecule has 0 unspecified atom stereocenters. The van der Waals surface area contributed by atoms with Gasteiger partial charge in [0.05, 0.1) is 30.1 Å². The highest BCUT2D eigenvalue weighted by molar-refractivity contribution is 9.10. The zero-order chi connectivity index (χ0) is 19.1. The summed E-state index contributed by atoms with van der Waals surface area (Å²) in [6, 6.07) is 14.6. The van der Waals surface area contributed by atoms with Gasteiger partial charge in [-0.15, -0.1) is 0 Å². The van der Waals surface area contributed by atoms with Crippen LogP contribution in [0.15, 0.2) is 53.0 Å². The Morgan fingerprint density at radius 1 is 1.08 bits per heavy atom. The van der Waals surface area contributed by atoms with Crippen LogP contribution in [0.25, 0.3) is 0 Å². The molecule has 0 aliphatic heterocycles. The van der Waals surface area contributed by atoms with E-state index in [1.54, 1.807) is 7.11 Å². The second kappa shape index (κ2) is 9.38. The standard InChI is InChI=1S/C20H23BrN2O3/c1-13(16-9-10-19(26-3)17(21)11-16)22-20(25)12-18(23-14(2)24)15-7-5-4-6-8-15/h4-11,13,18H,12H2,1-3H3,(H,22,25)(H,23,24)/t13-,18-/m1/s1. The van der Waals surface area contributed by atoms with Crippen LogP contribution in [0.5, 0.6) is 5.75 Å². The van der Waals surface area contributed by atoms with Gasteiger partial charge in [0.25, 0.3) is 0 Å². The number of benzene rings is 2. The predicted octanol–water partition coefficient (Wildman–Crippen LogP) is 3.90. The molecule has 138 valence electrons. The highest BCUT2D eigenvalue weighted by Crippen LogP contribution is 2.28. The van der Waals surface area contributed by atoms with Crippen LogP contribution in [-0.4, -0.2) is 18.9 Å². The minimum Gasteiger partial charge on any atom is -0.496 e. The molecule has 2 aromatic carbocycles. The zero-order valence-electron chi connectivity index (χ0n) is 15.1. The Morgan fingerprint density at radius 2 is 1.77 bits per heavy atom. The molecule has 0 saturated heterocycles. The van der Waals surface area contributed by atoms with E-state index in [0.717, 1.165) is 21.3 Å². The van der Waals surface area contributed by atoms with Gasteiger partial charge in [0.2, 0.25) is 11.8 Å². The second-order valence-corrected chi connectivity index (χ2v) is 6.91. The largest absolute Gasteiger partial charge is 0.496 e. The molecule has 26 heavy (non-hydrogen) atoms. The average Bonchev–Trinajstić information content (AvgIpc) is 2.61. The number of rotatable bonds is 7. The van der Waals surface area contributed by atoms with Crippen LogP contribution in [0.4, 0.5) is 0 Å². The Balaban J connectivity index is 2.05. The topological polar surface area (TPSA) is 67.4 Å². The van der Waals surface area contributed by atoms with E-state index < -0.39 is 0 Å². The van der Waals surface area contributed by atoms with Gasteiger partial charge >= 0.3 is 0 Å². The van der Waals surface area contributed by atoms with E-state index in [1.165, 1.54) is 6.92 Å². The average molecular weight is 419 g/mol. The molecule has 0 bridgehead atoms. The van der Waals surface area contributed by atoms with Crippen molar-refractivity contribution in [2.75, 3.05) is 7.11 Å². The maximum absolute atomic E-state index is 12.5. The van der Waals surface area contributed by atoms with E-state index in [2.05, 4.69) is 26.6 Å². The molecule has 2 rings (SSSR count). The maximum Gasteiger partial charge on any atom is 0.222 e. The minimum atomic E-state index is -0.358. The highest BCUT2D eigenvalue weighted by Gasteiger charge is 2.19. The van der Waals surface area contributed by atoms with E-state index in [0.29, 0.717) is 0 Å². The normalized spacial score (nSPS) is 12.8. The Kier molecular flexibility index (Phi) is 7.21. The molecule has 2 N–H and O–H groups in total. The Labute approximate surface area is 162 Å². The van der Waals surface area contributed by atoms with Crippen LogP contribution in [0.3, 0.4) is 0 Å². The molecular formula is C20H23BrN2O3. The van der Waals surface area contributed by atoms with Gasteiger partial charge in [0, 0.05) is 6.92 Å². The molecule has 0 aliphatic carbocycles. The number of hydrogen-bond acceptors (Lipinski definition) is 3. The second-order valence-electron chi connectivity index (χ2n) is 6.05. The van der Waals surface area contributed by atoms with Crippen molar-refractivity contribution in [1.29, 1.82) is 0 Å². The van der Waals surface area contributed by atoms with E-state index in [-0.39, 0.29) is 30.3 Å². The predicted molar refractivity (Wildman–Crippen MR) is 105 cm³/mol. The van der Waals surface area contributed by atoms with Crippen molar-refractivity contribution in [2.45, 2.75) is 32.4 Å². The van der Waals surface area contributed by atoms with Crippen LogP contribution >= 0.6 is 15.9 Å². The fourth-order valence-electron chi connectivity index (χ4n) is 2.70. The summed E-state index contributed by atoms with van der Waals surface area (Å²) in [4.78, 5) is 24.0. The number of amides is 2. The van der Waals surface area contributed by atoms with Gasteiger partial charge in [-0.3, -0.25) is 9.59 Å². The number of hydrogen-bond donors (Lipinski definition) is 2. The maximum atomic E-state index is 12.5. The zero-order valence-corrected chi connectivity index (χ0v) is 16.7. The van der Waals surface area contributed by atoms with Crippen molar-refractivity contribution in [3.05, 3.63) is 64.1 Å². The summed E-state index contributed by atoms with van der Waals surface area (Å²) in [5.74, 6) is 0.438. The lowest BCUT2D eigenvalue weighted by molar-refractivity contribution is -0.123. The van der Waals surface area contributed by atoms with E-state index in [1.807, 2.05) is 55.5 Å². The number of ether oxygens (including phenoxy) is 1. The summed E-state index contributed by atoms with van der Waals surface area (Å²) in [7, 11) is 1.61. The van der Waals surface area contributed by atoms with Gasteiger partial charge in [-0.1, -0.05) is 36.4 Å². The molecule has 0 radical (unpaired) electrons. The molecule has 0 fully saturated rings. The first-order chi connectivity index (χ1) is 12.4. The molecule has 2 aromatic rings. The fraction of sp³-hybridized carbons (Fsp3) is 0.300. The van der Waals surface area contributed by atoms with Gasteiger partial charge in [-0.2, -0.15) is 0 Å². The Hall–Kier alpha value is -2.34. The third-order valence-electron chi connectivity index (χ3n) is 4.02. The van der Waals surface area contributed by atoms with Gasteiger partial charge in [-0.05, 0) is 46.1 Å². The highest BCUT2D eigenvalue weighted by atomic mass is 79.9. The van der Waals surface area contributed by atoms with Crippen molar-refractivity contribution < 1.29 is 14.3 Å². The molecular weight excluding hydrogens is 396 g/mol. The number of carbonyl (C=O) groups excluding carboxylic acids is 2. The monoisotopic (exact) mass is 418 g/mol. The van der Waals surface area contributed by atoms with Crippen LogP contribution < -0.4 is 15.4 Å². The van der Waals surface area contributed by atoms with Crippen molar-refractivity contribution in [2.24, 2.45) is 0 Å². The van der Waals surface area contributed by atoms with Crippen molar-refractivity contribution in [1.82, 2.24) is 10.6 Å². The lowest BCUT2D eigenvalue weighted by Crippen LogP contribution is -2.33. The van der Waals surface area contributed by atoms with Crippen LogP contribution in [-0.2, 0) is 9.59 Å². The van der Waals surface area contributed by atoms with Gasteiger partial charge in [-0.25, -0.2) is 0 Å². The number of carbonyl (C=O) groups is 2. The number of nitrogens with one attached hydrogen (secondary N) is 2. The molecule has 0 spiro atoms. The summed E-state index contributed by atoms with van der Waals surface area (Å²) >= 11 is 3.45. The SMILES string of the molecule is COc1ccc([C@@H](C)NC(=O)C[C@@H](NC(C)=O)c2ccccc2)cc1Br. The molecule has 0 aromatic heterocycles. The fourth-order valence-corrected chi connectivity index (χ4v) is 3.26. The summed E-state index contributed by atoms with van der Waals surface area (Å²) in [5.41, 5.74) is 1.86. The lowest BCUT2D eigenvalue weighted by atomic mass is 10.0. The lowest BCUT2D eigenvalue weighted by Gasteiger charge is -2.20. The smallest absolute Gasteiger partial charge is 0.222 e. The van der Waals surface area contributed by atoms with Crippen LogP contribution in [0, 0.1) is 0 Å². The summed E-state index contributed by atoms with van der Waals surface area (Å²) in [6.45, 7) is 3.37. The Morgan fingerprint density at radius 3 is 2.35 bits per heavy atom. The summed E-state index contributed by atoms with van der Waals surface area (Å²) < 4.78 is 6.06. The first-order valence-electron chi connectivity index (χ1n) is 8.35. The molecule has 2 amide bonds. The molecule has 2 atom stereocenters. The Bertz CT molecular complexity index is 765. The molecule has 0 saturated carbocycles. The number of halogens is 1. The molecule has 5 nitrogen and oxygen atoms in total. The van der Waals surface area contributed by atoms with Crippen molar-refractivity contribution in [3.8, 4) is 5.75 Å². The minimum absolute atomic E-state index is 0.132. The third kappa shape index (κ3) is 5.59. The van der Waals surface area contributed by atoms with E-state index in [9.17, 15) is 9.59 Å². The third-order valence-corrected chi connectivity index (χ3v) is 4.64. The first kappa shape index (κ1) is 20.0. The van der Waals surface area contributed by atoms with Gasteiger partial charge in [0.15, 0.2) is 0 Å². The summed E-state index contributed by atoms with van der Waals surface area (Å²) in [5, 5.41) is 5.82. The quantitative estimate of drug-likeness (QED) is 0.716. The summed E-state index contributed by atoms with van der Waals surface area (Å²) in [6.07, 6.45) is 0.172. The molecule has 6 heteroatoms. The van der Waals surface area contributed by atoms with Gasteiger partial charge < -0.3 is 15.4 Å². The van der Waals surface area contributed by atoms with Crippen molar-refractivity contribution >= 4 is 27.7 Å². The van der Waals surface area contributed by atoms with E-state index >= 15 is 0 Å². The van der Waals surface area contributed by atoms with Gasteiger partial charge in [0.1, 0.15) is 5.75 Å². The van der Waals surface area contributed by atoms with E-state index in [4.69, 9.17) is 4.74 Å². The molecule has 0 aliphatic rings. The molecule has 0 heterocycles. The van der Waals surface area contributed by atoms with Crippen LogP contribution in [0.2, 0.25) is 0 Å².